The predicted molar refractivity (Wildman–Crippen MR) is 132 cm³/mol. The van der Waals surface area contributed by atoms with E-state index < -0.39 is 12.1 Å². The minimum Gasteiger partial charge on any atom is -0.410 e. The van der Waals surface area contributed by atoms with Crippen LogP contribution in [0.25, 0.3) is 0 Å². The predicted octanol–water partition coefficient (Wildman–Crippen LogP) is 5.22. The lowest BCUT2D eigenvalue weighted by Gasteiger charge is -2.20. The molecule has 3 aromatic carbocycles. The number of para-hydroxylation sites is 1. The number of hydrogen-bond donors (Lipinski definition) is 3. The van der Waals surface area contributed by atoms with Crippen molar-refractivity contribution in [1.82, 2.24) is 5.32 Å². The summed E-state index contributed by atoms with van der Waals surface area (Å²) in [4.78, 5) is 49.9. The van der Waals surface area contributed by atoms with Gasteiger partial charge in [-0.1, -0.05) is 68.3 Å². The Hall–Kier alpha value is -4.11. The second kappa shape index (κ2) is 11.7. The number of hydrogen-bond acceptors (Lipinski definition) is 6. The molecule has 0 bridgehead atoms. The number of ether oxygens (including phenoxy) is 1. The molecule has 0 saturated carbocycles. The molecule has 3 rings (SSSR count). The number of ketones is 1. The molecular weight excluding hydrogens is 454 g/mol. The topological polar surface area (TPSA) is 105 Å². The summed E-state index contributed by atoms with van der Waals surface area (Å²) in [6.45, 7) is 1.86. The molecule has 34 heavy (non-hydrogen) atoms. The number of amides is 4. The van der Waals surface area contributed by atoms with Crippen LogP contribution < -0.4 is 19.7 Å². The van der Waals surface area contributed by atoms with Crippen LogP contribution in [-0.4, -0.2) is 23.8 Å². The van der Waals surface area contributed by atoms with Gasteiger partial charge >= 0.3 is 12.1 Å². The van der Waals surface area contributed by atoms with Gasteiger partial charge in [0, 0.05) is 17.5 Å². The van der Waals surface area contributed by atoms with Crippen molar-refractivity contribution in [3.63, 3.8) is 0 Å². The summed E-state index contributed by atoms with van der Waals surface area (Å²) < 4.78 is 5.89. The SMILES string of the molecule is CCCC(=O)Nc1ccc(C(=O)c2ccccc2)cc1N(S)C(=O)NC(=O)Oc1ccccc1. The van der Waals surface area contributed by atoms with Crippen LogP contribution in [0.3, 0.4) is 0 Å². The minimum atomic E-state index is -1.01. The second-order valence-electron chi connectivity index (χ2n) is 7.17. The highest BCUT2D eigenvalue weighted by Gasteiger charge is 2.22. The van der Waals surface area contributed by atoms with E-state index in [-0.39, 0.29) is 40.8 Å². The van der Waals surface area contributed by atoms with Crippen molar-refractivity contribution in [2.75, 3.05) is 9.62 Å². The Morgan fingerprint density at radius 2 is 1.53 bits per heavy atom. The van der Waals surface area contributed by atoms with Crippen LogP contribution in [-0.2, 0) is 4.79 Å². The zero-order valence-corrected chi connectivity index (χ0v) is 19.2. The largest absolute Gasteiger partial charge is 0.420 e. The lowest BCUT2D eigenvalue weighted by atomic mass is 10.0. The molecule has 0 radical (unpaired) electrons. The number of carbonyl (C=O) groups is 4. The number of benzene rings is 3. The molecule has 9 heteroatoms. The number of nitrogens with zero attached hydrogens (tertiary/aromatic N) is 1. The normalized spacial score (nSPS) is 10.2. The van der Waals surface area contributed by atoms with Gasteiger partial charge in [0.15, 0.2) is 5.78 Å². The highest BCUT2D eigenvalue weighted by molar-refractivity contribution is 7.82. The van der Waals surface area contributed by atoms with E-state index in [0.29, 0.717) is 12.0 Å². The number of nitrogens with one attached hydrogen (secondary N) is 2. The first kappa shape index (κ1) is 24.5. The maximum atomic E-state index is 12.9. The fourth-order valence-electron chi connectivity index (χ4n) is 3.02. The third kappa shape index (κ3) is 6.46. The highest BCUT2D eigenvalue weighted by Crippen LogP contribution is 2.30. The number of thiol groups is 1. The minimum absolute atomic E-state index is 0.111. The Morgan fingerprint density at radius 1 is 0.882 bits per heavy atom. The van der Waals surface area contributed by atoms with Crippen LogP contribution in [0.2, 0.25) is 0 Å². The number of anilines is 2. The molecule has 174 valence electrons. The number of urea groups is 1. The fraction of sp³-hybridized carbons (Fsp3) is 0.120. The average molecular weight is 478 g/mol. The van der Waals surface area contributed by atoms with Gasteiger partial charge in [-0.25, -0.2) is 19.2 Å². The van der Waals surface area contributed by atoms with Gasteiger partial charge in [-0.05, 0) is 36.8 Å². The molecule has 0 heterocycles. The fourth-order valence-corrected chi connectivity index (χ4v) is 3.24. The first-order valence-corrected chi connectivity index (χ1v) is 10.9. The van der Waals surface area contributed by atoms with E-state index in [4.69, 9.17) is 4.74 Å². The number of imide groups is 1. The van der Waals surface area contributed by atoms with Crippen LogP contribution in [0.5, 0.6) is 5.75 Å². The van der Waals surface area contributed by atoms with Gasteiger partial charge in [0.2, 0.25) is 5.91 Å². The second-order valence-corrected chi connectivity index (χ2v) is 7.57. The van der Waals surface area contributed by atoms with Gasteiger partial charge in [-0.15, -0.1) is 0 Å². The van der Waals surface area contributed by atoms with Crippen LogP contribution in [0.15, 0.2) is 78.9 Å². The summed E-state index contributed by atoms with van der Waals surface area (Å²) in [6.07, 6.45) is -0.114. The van der Waals surface area contributed by atoms with Crippen LogP contribution in [0.4, 0.5) is 21.0 Å². The van der Waals surface area contributed by atoms with E-state index in [0.717, 1.165) is 4.31 Å². The zero-order chi connectivity index (χ0) is 24.5. The summed E-state index contributed by atoms with van der Waals surface area (Å²) in [7, 11) is 0. The van der Waals surface area contributed by atoms with Crippen molar-refractivity contribution in [3.05, 3.63) is 90.0 Å². The molecule has 0 aliphatic carbocycles. The maximum absolute atomic E-state index is 12.9. The Morgan fingerprint density at radius 3 is 2.18 bits per heavy atom. The molecule has 0 fully saturated rings. The Kier molecular flexibility index (Phi) is 8.42. The van der Waals surface area contributed by atoms with E-state index in [1.54, 1.807) is 66.7 Å². The van der Waals surface area contributed by atoms with Gasteiger partial charge in [0.1, 0.15) is 5.75 Å². The molecular formula is C25H23N3O5S. The molecule has 2 N–H and O–H groups in total. The Bertz CT molecular complexity index is 1190. The lowest BCUT2D eigenvalue weighted by molar-refractivity contribution is -0.116. The zero-order valence-electron chi connectivity index (χ0n) is 18.4. The number of carbonyl (C=O) groups excluding carboxylic acids is 4. The molecule has 3 aromatic rings. The van der Waals surface area contributed by atoms with Crippen molar-refractivity contribution < 1.29 is 23.9 Å². The summed E-state index contributed by atoms with van der Waals surface area (Å²) in [6, 6.07) is 20.4. The lowest BCUT2D eigenvalue weighted by Crippen LogP contribution is -2.40. The highest BCUT2D eigenvalue weighted by atomic mass is 32.1. The van der Waals surface area contributed by atoms with Crippen molar-refractivity contribution in [1.29, 1.82) is 0 Å². The molecule has 0 aliphatic heterocycles. The van der Waals surface area contributed by atoms with Crippen molar-refractivity contribution in [2.24, 2.45) is 0 Å². The van der Waals surface area contributed by atoms with Crippen molar-refractivity contribution >= 4 is 48.0 Å². The summed E-state index contributed by atoms with van der Waals surface area (Å²) in [5.74, 6) is -0.295. The van der Waals surface area contributed by atoms with E-state index in [1.807, 2.05) is 6.92 Å². The molecule has 0 spiro atoms. The number of rotatable bonds is 7. The van der Waals surface area contributed by atoms with Gasteiger partial charge in [0.25, 0.3) is 0 Å². The molecule has 4 amide bonds. The third-order valence-electron chi connectivity index (χ3n) is 4.63. The van der Waals surface area contributed by atoms with Gasteiger partial charge in [-0.2, -0.15) is 0 Å². The molecule has 0 unspecified atom stereocenters. The average Bonchev–Trinajstić information content (AvgIpc) is 2.84. The van der Waals surface area contributed by atoms with Crippen molar-refractivity contribution in [2.45, 2.75) is 19.8 Å². The standard InChI is InChI=1S/C25H23N3O5S/c1-2-9-22(29)26-20-15-14-18(23(30)17-10-5-3-6-11-17)16-21(20)28(34)24(31)27-25(32)33-19-12-7-4-8-13-19/h3-8,10-16,34H,2,9H2,1H3,(H,26,29)(H,27,31,32). The molecule has 0 atom stereocenters. The van der Waals surface area contributed by atoms with Gasteiger partial charge < -0.3 is 10.1 Å². The third-order valence-corrected chi connectivity index (χ3v) is 5.03. The first-order valence-electron chi connectivity index (χ1n) is 10.5. The van der Waals surface area contributed by atoms with E-state index in [2.05, 4.69) is 23.4 Å². The van der Waals surface area contributed by atoms with E-state index >= 15 is 0 Å². The molecule has 0 aromatic heterocycles. The van der Waals surface area contributed by atoms with E-state index in [9.17, 15) is 19.2 Å². The molecule has 0 saturated heterocycles. The van der Waals surface area contributed by atoms with E-state index in [1.165, 1.54) is 12.1 Å². The Labute approximate surface area is 202 Å². The Balaban J connectivity index is 1.85. The van der Waals surface area contributed by atoms with Crippen LogP contribution >= 0.6 is 12.8 Å². The first-order chi connectivity index (χ1) is 16.4. The van der Waals surface area contributed by atoms with Crippen molar-refractivity contribution in [3.8, 4) is 5.75 Å². The van der Waals surface area contributed by atoms with Gasteiger partial charge in [-0.3, -0.25) is 9.59 Å². The molecule has 0 aliphatic rings. The monoisotopic (exact) mass is 477 g/mol. The molecule has 8 nitrogen and oxygen atoms in total. The summed E-state index contributed by atoms with van der Waals surface area (Å²) >= 11 is 4.21. The quantitative estimate of drug-likeness (QED) is 0.320. The summed E-state index contributed by atoms with van der Waals surface area (Å²) in [5, 5.41) is 4.77. The van der Waals surface area contributed by atoms with Crippen LogP contribution in [0.1, 0.15) is 35.7 Å². The maximum Gasteiger partial charge on any atom is 0.420 e. The van der Waals surface area contributed by atoms with Crippen LogP contribution in [0, 0.1) is 0 Å². The smallest absolute Gasteiger partial charge is 0.410 e. The summed E-state index contributed by atoms with van der Waals surface area (Å²) in [5.41, 5.74) is 1.09. The van der Waals surface area contributed by atoms with Gasteiger partial charge in [0.05, 0.1) is 11.4 Å².